The van der Waals surface area contributed by atoms with E-state index < -0.39 is 0 Å². The van der Waals surface area contributed by atoms with Crippen LogP contribution in [-0.2, 0) is 6.54 Å². The SMILES string of the molecule is CSC[C@@H](O)CNCc1c[nH]c2c(=O)[nH]cnc12. The maximum Gasteiger partial charge on any atom is 0.275 e. The standard InChI is InChI=1S/C11H16N4O2S/c1-18-5-8(16)4-12-2-7-3-13-10-9(7)14-6-15-11(10)17/h3,6,8,12-13,16H,2,4-5H2,1H3,(H,14,15,17)/t8-/m0/s1. The first-order chi connectivity index (χ1) is 8.72. The Morgan fingerprint density at radius 2 is 2.39 bits per heavy atom. The predicted molar refractivity (Wildman–Crippen MR) is 72.8 cm³/mol. The van der Waals surface area contributed by atoms with Gasteiger partial charge in [0, 0.05) is 30.6 Å². The molecule has 6 nitrogen and oxygen atoms in total. The smallest absolute Gasteiger partial charge is 0.275 e. The van der Waals surface area contributed by atoms with Crippen LogP contribution in [0.1, 0.15) is 5.56 Å². The monoisotopic (exact) mass is 268 g/mol. The van der Waals surface area contributed by atoms with Gasteiger partial charge in [0.05, 0.1) is 17.9 Å². The molecule has 0 aliphatic rings. The number of rotatable bonds is 6. The third-order valence-electron chi connectivity index (χ3n) is 2.60. The zero-order valence-electron chi connectivity index (χ0n) is 10.1. The number of hydrogen-bond donors (Lipinski definition) is 4. The van der Waals surface area contributed by atoms with Crippen molar-refractivity contribution in [1.82, 2.24) is 20.3 Å². The summed E-state index contributed by atoms with van der Waals surface area (Å²) in [5.41, 5.74) is 1.91. The van der Waals surface area contributed by atoms with Crippen molar-refractivity contribution in [3.05, 3.63) is 28.4 Å². The van der Waals surface area contributed by atoms with Gasteiger partial charge >= 0.3 is 0 Å². The maximum absolute atomic E-state index is 11.5. The molecule has 0 bridgehead atoms. The molecule has 0 aromatic carbocycles. The van der Waals surface area contributed by atoms with Gasteiger partial charge in [0.2, 0.25) is 0 Å². The van der Waals surface area contributed by atoms with E-state index in [-0.39, 0.29) is 11.7 Å². The fourth-order valence-electron chi connectivity index (χ4n) is 1.76. The Labute approximate surface area is 108 Å². The molecule has 0 radical (unpaired) electrons. The second-order valence-electron chi connectivity index (χ2n) is 4.01. The molecule has 0 unspecified atom stereocenters. The summed E-state index contributed by atoms with van der Waals surface area (Å²) >= 11 is 1.61. The molecule has 7 heteroatoms. The van der Waals surface area contributed by atoms with E-state index in [1.165, 1.54) is 6.33 Å². The van der Waals surface area contributed by atoms with Gasteiger partial charge in [-0.25, -0.2) is 4.98 Å². The molecular weight excluding hydrogens is 252 g/mol. The largest absolute Gasteiger partial charge is 0.391 e. The van der Waals surface area contributed by atoms with E-state index in [4.69, 9.17) is 0 Å². The van der Waals surface area contributed by atoms with Crippen LogP contribution in [0.4, 0.5) is 0 Å². The highest BCUT2D eigenvalue weighted by molar-refractivity contribution is 7.98. The number of aromatic nitrogens is 3. The van der Waals surface area contributed by atoms with E-state index in [0.29, 0.717) is 29.9 Å². The first-order valence-corrected chi connectivity index (χ1v) is 7.03. The number of aliphatic hydroxyl groups excluding tert-OH is 1. The van der Waals surface area contributed by atoms with E-state index >= 15 is 0 Å². The molecular formula is C11H16N4O2S. The summed E-state index contributed by atoms with van der Waals surface area (Å²) in [4.78, 5) is 21.0. The summed E-state index contributed by atoms with van der Waals surface area (Å²) in [6.45, 7) is 1.10. The van der Waals surface area contributed by atoms with Gasteiger partial charge in [-0.15, -0.1) is 0 Å². The topological polar surface area (TPSA) is 93.8 Å². The van der Waals surface area contributed by atoms with Crippen LogP contribution in [0.2, 0.25) is 0 Å². The number of thioether (sulfide) groups is 1. The number of hydrogen-bond acceptors (Lipinski definition) is 5. The zero-order valence-corrected chi connectivity index (χ0v) is 10.9. The van der Waals surface area contributed by atoms with E-state index in [2.05, 4.69) is 20.3 Å². The van der Waals surface area contributed by atoms with Crippen molar-refractivity contribution >= 4 is 22.8 Å². The molecule has 98 valence electrons. The predicted octanol–water partition coefficient (Wildman–Crippen LogP) is 0.0647. The van der Waals surface area contributed by atoms with E-state index in [1.807, 2.05) is 6.26 Å². The van der Waals surface area contributed by atoms with Crippen LogP contribution in [0.5, 0.6) is 0 Å². The number of fused-ring (bicyclic) bond motifs is 1. The molecule has 0 aliphatic carbocycles. The molecule has 0 saturated carbocycles. The highest BCUT2D eigenvalue weighted by Gasteiger charge is 2.08. The Kier molecular flexibility index (Phi) is 4.40. The Morgan fingerprint density at radius 3 is 3.17 bits per heavy atom. The third-order valence-corrected chi connectivity index (χ3v) is 3.32. The number of aliphatic hydroxyl groups is 1. The molecule has 2 heterocycles. The quantitative estimate of drug-likeness (QED) is 0.594. The lowest BCUT2D eigenvalue weighted by molar-refractivity contribution is 0.195. The van der Waals surface area contributed by atoms with Crippen molar-refractivity contribution in [1.29, 1.82) is 0 Å². The Morgan fingerprint density at radius 1 is 1.56 bits per heavy atom. The summed E-state index contributed by atoms with van der Waals surface area (Å²) in [5, 5.41) is 12.7. The van der Waals surface area contributed by atoms with Crippen LogP contribution in [0.25, 0.3) is 11.0 Å². The van der Waals surface area contributed by atoms with Crippen molar-refractivity contribution in [2.75, 3.05) is 18.6 Å². The average Bonchev–Trinajstić information content (AvgIpc) is 2.75. The van der Waals surface area contributed by atoms with Crippen molar-refractivity contribution in [3.63, 3.8) is 0 Å². The molecule has 0 amide bonds. The average molecular weight is 268 g/mol. The Bertz CT molecular complexity index is 565. The fraction of sp³-hybridized carbons (Fsp3) is 0.455. The summed E-state index contributed by atoms with van der Waals surface area (Å²) in [6.07, 6.45) is 4.76. The van der Waals surface area contributed by atoms with Gasteiger partial charge < -0.3 is 20.4 Å². The van der Waals surface area contributed by atoms with Crippen LogP contribution >= 0.6 is 11.8 Å². The van der Waals surface area contributed by atoms with Crippen molar-refractivity contribution in [2.45, 2.75) is 12.6 Å². The van der Waals surface area contributed by atoms with E-state index in [9.17, 15) is 9.90 Å². The minimum Gasteiger partial charge on any atom is -0.391 e. The summed E-state index contributed by atoms with van der Waals surface area (Å²) in [5.74, 6) is 0.707. The van der Waals surface area contributed by atoms with Crippen molar-refractivity contribution in [2.24, 2.45) is 0 Å². The van der Waals surface area contributed by atoms with E-state index in [1.54, 1.807) is 18.0 Å². The third kappa shape index (κ3) is 2.92. The molecule has 0 spiro atoms. The van der Waals surface area contributed by atoms with Crippen LogP contribution < -0.4 is 10.9 Å². The Hall–Kier alpha value is -1.31. The molecule has 1 atom stereocenters. The van der Waals surface area contributed by atoms with Gasteiger partial charge in [-0.05, 0) is 6.26 Å². The first kappa shape index (κ1) is 13.1. The van der Waals surface area contributed by atoms with Crippen LogP contribution in [-0.4, -0.2) is 44.7 Å². The fourth-order valence-corrected chi connectivity index (χ4v) is 2.27. The Balaban J connectivity index is 2.00. The van der Waals surface area contributed by atoms with Crippen molar-refractivity contribution < 1.29 is 5.11 Å². The highest BCUT2D eigenvalue weighted by atomic mass is 32.2. The van der Waals surface area contributed by atoms with Crippen LogP contribution in [0.3, 0.4) is 0 Å². The molecule has 2 aromatic rings. The second-order valence-corrected chi connectivity index (χ2v) is 4.92. The molecule has 2 aromatic heterocycles. The first-order valence-electron chi connectivity index (χ1n) is 5.63. The summed E-state index contributed by atoms with van der Waals surface area (Å²) < 4.78 is 0. The minimum absolute atomic E-state index is 0.173. The maximum atomic E-state index is 11.5. The zero-order chi connectivity index (χ0) is 13.0. The lowest BCUT2D eigenvalue weighted by Crippen LogP contribution is -2.28. The molecule has 0 fully saturated rings. The molecule has 18 heavy (non-hydrogen) atoms. The molecule has 0 saturated heterocycles. The summed E-state index contributed by atoms with van der Waals surface area (Å²) in [6, 6.07) is 0. The van der Waals surface area contributed by atoms with Crippen LogP contribution in [0.15, 0.2) is 17.3 Å². The molecule has 4 N–H and O–H groups in total. The lowest BCUT2D eigenvalue weighted by atomic mass is 10.3. The highest BCUT2D eigenvalue weighted by Crippen LogP contribution is 2.10. The van der Waals surface area contributed by atoms with Gasteiger partial charge in [-0.1, -0.05) is 0 Å². The van der Waals surface area contributed by atoms with Gasteiger partial charge in [0.15, 0.2) is 0 Å². The number of H-pyrrole nitrogens is 2. The second kappa shape index (κ2) is 6.03. The minimum atomic E-state index is -0.360. The van der Waals surface area contributed by atoms with Gasteiger partial charge in [0.25, 0.3) is 5.56 Å². The molecule has 2 rings (SSSR count). The van der Waals surface area contributed by atoms with Crippen molar-refractivity contribution in [3.8, 4) is 0 Å². The normalized spacial score (nSPS) is 13.0. The number of nitrogens with one attached hydrogen (secondary N) is 3. The number of nitrogens with zero attached hydrogens (tertiary/aromatic N) is 1. The number of aromatic amines is 2. The van der Waals surface area contributed by atoms with Gasteiger partial charge in [-0.2, -0.15) is 11.8 Å². The van der Waals surface area contributed by atoms with E-state index in [0.717, 1.165) is 5.56 Å². The van der Waals surface area contributed by atoms with Gasteiger partial charge in [0.1, 0.15) is 5.52 Å². The molecule has 0 aliphatic heterocycles. The lowest BCUT2D eigenvalue weighted by Gasteiger charge is -2.09. The van der Waals surface area contributed by atoms with Gasteiger partial charge in [-0.3, -0.25) is 4.79 Å². The van der Waals surface area contributed by atoms with Crippen LogP contribution in [0, 0.1) is 0 Å². The summed E-state index contributed by atoms with van der Waals surface area (Å²) in [7, 11) is 0.